The summed E-state index contributed by atoms with van der Waals surface area (Å²) in [7, 11) is 0. The maximum atomic E-state index is 6.17. The number of nitrogens with two attached hydrogens (primary N) is 1. The Kier molecular flexibility index (Phi) is 4.94. The van der Waals surface area contributed by atoms with Crippen LogP contribution in [0.2, 0.25) is 0 Å². The van der Waals surface area contributed by atoms with E-state index in [0.717, 1.165) is 25.6 Å². The average molecular weight is 261 g/mol. The summed E-state index contributed by atoms with van der Waals surface area (Å²) in [5.74, 6) is 0.792. The molecule has 2 atom stereocenters. The molecule has 1 aromatic rings. The average Bonchev–Trinajstić information content (AvgIpc) is 2.45. The van der Waals surface area contributed by atoms with Crippen molar-refractivity contribution in [2.24, 2.45) is 11.7 Å². The molecule has 19 heavy (non-hydrogen) atoms. The molecule has 3 nitrogen and oxygen atoms in total. The molecule has 1 fully saturated rings. The van der Waals surface area contributed by atoms with Crippen molar-refractivity contribution in [3.8, 4) is 0 Å². The molecule has 2 rings (SSSR count). The normalized spacial score (nSPS) is 27.7. The van der Waals surface area contributed by atoms with Crippen LogP contribution in [-0.4, -0.2) is 28.5 Å². The topological polar surface area (TPSA) is 42.2 Å². The van der Waals surface area contributed by atoms with Crippen molar-refractivity contribution in [1.82, 2.24) is 9.88 Å². The van der Waals surface area contributed by atoms with E-state index in [1.807, 2.05) is 18.5 Å². The molecule has 2 N–H and O–H groups in total. The van der Waals surface area contributed by atoms with Crippen molar-refractivity contribution in [2.45, 2.75) is 51.6 Å². The number of rotatable bonds is 5. The standard InChI is InChI=1S/C16H27N3/c1-3-19(12-15-7-5-9-18-11-15)16(13-17)8-4-6-14(2)10-16/h5,7,9,11,14H,3-4,6,8,10,12-13,17H2,1-2H3. The molecule has 0 saturated heterocycles. The zero-order valence-corrected chi connectivity index (χ0v) is 12.3. The van der Waals surface area contributed by atoms with Gasteiger partial charge in [0.2, 0.25) is 0 Å². The Bertz CT molecular complexity index is 379. The summed E-state index contributed by atoms with van der Waals surface area (Å²) in [6, 6.07) is 4.17. The molecule has 0 spiro atoms. The van der Waals surface area contributed by atoms with Crippen molar-refractivity contribution in [1.29, 1.82) is 0 Å². The number of likely N-dealkylation sites (N-methyl/N-ethyl adjacent to an activating group) is 1. The first-order valence-electron chi connectivity index (χ1n) is 7.54. The maximum Gasteiger partial charge on any atom is 0.0337 e. The van der Waals surface area contributed by atoms with E-state index >= 15 is 0 Å². The Balaban J connectivity index is 2.14. The van der Waals surface area contributed by atoms with E-state index < -0.39 is 0 Å². The fourth-order valence-corrected chi connectivity index (χ4v) is 3.56. The second-order valence-corrected chi connectivity index (χ2v) is 6.01. The molecule has 0 aromatic carbocycles. The summed E-state index contributed by atoms with van der Waals surface area (Å²) < 4.78 is 0. The molecular weight excluding hydrogens is 234 g/mol. The number of hydrogen-bond donors (Lipinski definition) is 1. The van der Waals surface area contributed by atoms with E-state index in [2.05, 4.69) is 29.8 Å². The van der Waals surface area contributed by atoms with Gasteiger partial charge < -0.3 is 5.73 Å². The van der Waals surface area contributed by atoms with Crippen LogP contribution in [0, 0.1) is 5.92 Å². The van der Waals surface area contributed by atoms with Gasteiger partial charge in [-0.2, -0.15) is 0 Å². The molecule has 106 valence electrons. The number of pyridine rings is 1. The Morgan fingerprint density at radius 1 is 1.53 bits per heavy atom. The third-order valence-electron chi connectivity index (χ3n) is 4.60. The van der Waals surface area contributed by atoms with E-state index in [1.54, 1.807) is 0 Å². The summed E-state index contributed by atoms with van der Waals surface area (Å²) in [4.78, 5) is 6.79. The van der Waals surface area contributed by atoms with E-state index in [1.165, 1.54) is 31.2 Å². The smallest absolute Gasteiger partial charge is 0.0337 e. The third kappa shape index (κ3) is 3.34. The van der Waals surface area contributed by atoms with Gasteiger partial charge in [-0.3, -0.25) is 9.88 Å². The molecule has 1 aliphatic rings. The highest BCUT2D eigenvalue weighted by molar-refractivity contribution is 5.10. The molecule has 1 aliphatic carbocycles. The van der Waals surface area contributed by atoms with E-state index in [4.69, 9.17) is 5.73 Å². The SMILES string of the molecule is CCN(Cc1cccnc1)C1(CN)CCCC(C)C1. The van der Waals surface area contributed by atoms with Crippen LogP contribution >= 0.6 is 0 Å². The molecule has 1 saturated carbocycles. The van der Waals surface area contributed by atoms with Crippen LogP contribution in [-0.2, 0) is 6.54 Å². The largest absolute Gasteiger partial charge is 0.329 e. The summed E-state index contributed by atoms with van der Waals surface area (Å²) in [5, 5.41) is 0. The fraction of sp³-hybridized carbons (Fsp3) is 0.688. The van der Waals surface area contributed by atoms with Crippen LogP contribution < -0.4 is 5.73 Å². The first-order valence-corrected chi connectivity index (χ1v) is 7.54. The van der Waals surface area contributed by atoms with E-state index in [0.29, 0.717) is 0 Å². The lowest BCUT2D eigenvalue weighted by Crippen LogP contribution is -2.55. The van der Waals surface area contributed by atoms with Crippen LogP contribution in [0.25, 0.3) is 0 Å². The van der Waals surface area contributed by atoms with Crippen molar-refractivity contribution in [2.75, 3.05) is 13.1 Å². The minimum atomic E-state index is 0.197. The van der Waals surface area contributed by atoms with Crippen molar-refractivity contribution < 1.29 is 0 Å². The van der Waals surface area contributed by atoms with E-state index in [9.17, 15) is 0 Å². The maximum absolute atomic E-state index is 6.17. The van der Waals surface area contributed by atoms with E-state index in [-0.39, 0.29) is 5.54 Å². The second kappa shape index (κ2) is 6.49. The zero-order chi connectivity index (χ0) is 13.7. The Hall–Kier alpha value is -0.930. The lowest BCUT2D eigenvalue weighted by molar-refractivity contribution is 0.0366. The van der Waals surface area contributed by atoms with Crippen LogP contribution in [0.3, 0.4) is 0 Å². The van der Waals surface area contributed by atoms with Crippen LogP contribution in [0.1, 0.15) is 45.1 Å². The highest BCUT2D eigenvalue weighted by Gasteiger charge is 2.38. The molecular formula is C16H27N3. The van der Waals surface area contributed by atoms with Gasteiger partial charge in [-0.1, -0.05) is 32.8 Å². The molecule has 0 aliphatic heterocycles. The lowest BCUT2D eigenvalue weighted by Gasteiger charge is -2.47. The van der Waals surface area contributed by atoms with Crippen LogP contribution in [0.4, 0.5) is 0 Å². The number of aromatic nitrogens is 1. The van der Waals surface area contributed by atoms with Gasteiger partial charge >= 0.3 is 0 Å². The minimum Gasteiger partial charge on any atom is -0.329 e. The van der Waals surface area contributed by atoms with Crippen molar-refractivity contribution in [3.63, 3.8) is 0 Å². The number of hydrogen-bond acceptors (Lipinski definition) is 3. The first kappa shape index (κ1) is 14.5. The predicted octanol–water partition coefficient (Wildman–Crippen LogP) is 2.81. The molecule has 0 bridgehead atoms. The quantitative estimate of drug-likeness (QED) is 0.886. The van der Waals surface area contributed by atoms with Gasteiger partial charge in [0.25, 0.3) is 0 Å². The molecule has 1 heterocycles. The summed E-state index contributed by atoms with van der Waals surface area (Å²) in [6.07, 6.45) is 8.94. The van der Waals surface area contributed by atoms with Gasteiger partial charge in [0.1, 0.15) is 0 Å². The highest BCUT2D eigenvalue weighted by Crippen LogP contribution is 2.36. The lowest BCUT2D eigenvalue weighted by atomic mass is 9.75. The molecule has 2 unspecified atom stereocenters. The summed E-state index contributed by atoms with van der Waals surface area (Å²) >= 11 is 0. The molecule has 1 aromatic heterocycles. The summed E-state index contributed by atoms with van der Waals surface area (Å²) in [5.41, 5.74) is 7.66. The van der Waals surface area contributed by atoms with Crippen molar-refractivity contribution in [3.05, 3.63) is 30.1 Å². The van der Waals surface area contributed by atoms with Crippen molar-refractivity contribution >= 4 is 0 Å². The van der Waals surface area contributed by atoms with Gasteiger partial charge in [-0.15, -0.1) is 0 Å². The van der Waals surface area contributed by atoms with Crippen LogP contribution in [0.5, 0.6) is 0 Å². The van der Waals surface area contributed by atoms with Gasteiger partial charge in [0.15, 0.2) is 0 Å². The van der Waals surface area contributed by atoms with Gasteiger partial charge in [0.05, 0.1) is 0 Å². The summed E-state index contributed by atoms with van der Waals surface area (Å²) in [6.45, 7) is 7.40. The predicted molar refractivity (Wildman–Crippen MR) is 79.7 cm³/mol. The second-order valence-electron chi connectivity index (χ2n) is 6.01. The Morgan fingerprint density at radius 2 is 2.37 bits per heavy atom. The van der Waals surface area contributed by atoms with Gasteiger partial charge in [0, 0.05) is 31.0 Å². The zero-order valence-electron chi connectivity index (χ0n) is 12.3. The fourth-order valence-electron chi connectivity index (χ4n) is 3.56. The first-order chi connectivity index (χ1) is 9.20. The Morgan fingerprint density at radius 3 is 2.95 bits per heavy atom. The highest BCUT2D eigenvalue weighted by atomic mass is 15.2. The molecule has 0 radical (unpaired) electrons. The number of nitrogens with zero attached hydrogens (tertiary/aromatic N) is 2. The Labute approximate surface area is 117 Å². The monoisotopic (exact) mass is 261 g/mol. The third-order valence-corrected chi connectivity index (χ3v) is 4.60. The molecule has 3 heteroatoms. The van der Waals surface area contributed by atoms with Gasteiger partial charge in [-0.25, -0.2) is 0 Å². The van der Waals surface area contributed by atoms with Crippen LogP contribution in [0.15, 0.2) is 24.5 Å². The minimum absolute atomic E-state index is 0.197. The van der Waals surface area contributed by atoms with Gasteiger partial charge in [-0.05, 0) is 36.9 Å². The molecule has 0 amide bonds.